The summed E-state index contributed by atoms with van der Waals surface area (Å²) in [6.45, 7) is 20.6. The molecule has 0 heterocycles. The number of carbonyl (C=O) groups is 1. The summed E-state index contributed by atoms with van der Waals surface area (Å²) >= 11 is 0. The van der Waals surface area contributed by atoms with Gasteiger partial charge in [-0.3, -0.25) is 0 Å². The van der Waals surface area contributed by atoms with Crippen molar-refractivity contribution in [2.24, 2.45) is 0 Å². The van der Waals surface area contributed by atoms with Gasteiger partial charge in [-0.25, -0.2) is 4.79 Å². The molecular weight excluding hydrogens is 372 g/mol. The minimum atomic E-state index is -0.356. The quantitative estimate of drug-likeness (QED) is 0.405. The molecule has 0 radical (unpaired) electrons. The van der Waals surface area contributed by atoms with Crippen LogP contribution in [0.15, 0.2) is 74.3 Å². The first-order valence-corrected chi connectivity index (χ1v) is 10.1. The second-order valence-electron chi connectivity index (χ2n) is 7.36. The van der Waals surface area contributed by atoms with Crippen molar-refractivity contribution in [2.75, 3.05) is 0 Å². The zero-order chi connectivity index (χ0) is 23.2. The summed E-state index contributed by atoms with van der Waals surface area (Å²) < 4.78 is 4.98. The highest BCUT2D eigenvalue weighted by atomic mass is 16.6. The summed E-state index contributed by atoms with van der Waals surface area (Å²) in [5.41, 5.74) is 4.30. The third kappa shape index (κ3) is 11.7. The topological polar surface area (TPSA) is 46.5 Å². The Morgan fingerprint density at radius 1 is 1.03 bits per heavy atom. The first-order chi connectivity index (χ1) is 14.1. The van der Waals surface area contributed by atoms with Crippen LogP contribution in [0.5, 0.6) is 5.75 Å². The first kappa shape index (κ1) is 26.9. The molecule has 162 valence electrons. The zero-order valence-electron chi connectivity index (χ0n) is 19.1. The van der Waals surface area contributed by atoms with E-state index in [-0.39, 0.29) is 11.6 Å². The van der Waals surface area contributed by atoms with Crippen molar-refractivity contribution in [3.05, 3.63) is 91.0 Å². The molecule has 0 spiro atoms. The van der Waals surface area contributed by atoms with Crippen LogP contribution in [0.2, 0.25) is 0 Å². The zero-order valence-corrected chi connectivity index (χ0v) is 19.1. The monoisotopic (exact) mass is 408 g/mol. The molecule has 0 bridgehead atoms. The Morgan fingerprint density at radius 3 is 1.93 bits per heavy atom. The van der Waals surface area contributed by atoms with Gasteiger partial charge in [0.2, 0.25) is 0 Å². The largest absolute Gasteiger partial charge is 0.508 e. The summed E-state index contributed by atoms with van der Waals surface area (Å²) in [5, 5.41) is 8.91. The summed E-state index contributed by atoms with van der Waals surface area (Å²) in [6.07, 6.45) is 4.96. The molecule has 0 aliphatic rings. The van der Waals surface area contributed by atoms with Crippen LogP contribution < -0.4 is 0 Å². The molecule has 1 N–H and O–H groups in total. The molecule has 0 fully saturated rings. The Bertz CT molecular complexity index is 797. The molecule has 0 saturated heterocycles. The van der Waals surface area contributed by atoms with Crippen LogP contribution >= 0.6 is 0 Å². The van der Waals surface area contributed by atoms with Crippen molar-refractivity contribution in [2.45, 2.75) is 53.1 Å². The molecule has 0 aliphatic heterocycles. The average molecular weight is 409 g/mol. The van der Waals surface area contributed by atoms with Gasteiger partial charge in [-0.15, -0.1) is 0 Å². The maximum Gasteiger partial charge on any atom is 0.330 e. The lowest BCUT2D eigenvalue weighted by Crippen LogP contribution is -2.25. The smallest absolute Gasteiger partial charge is 0.330 e. The van der Waals surface area contributed by atoms with Crippen molar-refractivity contribution in [1.82, 2.24) is 0 Å². The Labute approximate surface area is 182 Å². The number of carbonyl (C=O) groups excluding carboxylic acids is 1. The Hall–Kier alpha value is -3.07. The summed E-state index contributed by atoms with van der Waals surface area (Å²) in [5.74, 6) is -0.0585. The van der Waals surface area contributed by atoms with Crippen LogP contribution in [0.4, 0.5) is 0 Å². The molecule has 0 amide bonds. The number of phenolic OH excluding ortho intramolecular Hbond substituents is 1. The van der Waals surface area contributed by atoms with Crippen LogP contribution in [0.25, 0.3) is 11.6 Å². The molecule has 0 atom stereocenters. The van der Waals surface area contributed by atoms with E-state index >= 15 is 0 Å². The molecular formula is C27H36O3. The third-order valence-corrected chi connectivity index (χ3v) is 4.38. The number of esters is 1. The number of aromatic hydroxyl groups is 1. The highest BCUT2D eigenvalue weighted by molar-refractivity contribution is 5.81. The fourth-order valence-electron chi connectivity index (χ4n) is 2.02. The van der Waals surface area contributed by atoms with E-state index in [0.717, 1.165) is 24.0 Å². The molecule has 0 unspecified atom stereocenters. The maximum atomic E-state index is 10.6. The predicted octanol–water partition coefficient (Wildman–Crippen LogP) is 7.22. The molecule has 30 heavy (non-hydrogen) atoms. The van der Waals surface area contributed by atoms with Crippen LogP contribution in [-0.4, -0.2) is 16.7 Å². The van der Waals surface area contributed by atoms with Crippen LogP contribution in [0.1, 0.15) is 57.7 Å². The average Bonchev–Trinajstić information content (AvgIpc) is 2.74. The van der Waals surface area contributed by atoms with E-state index in [4.69, 9.17) is 9.84 Å². The molecule has 0 saturated carbocycles. The van der Waals surface area contributed by atoms with E-state index in [2.05, 4.69) is 50.9 Å². The van der Waals surface area contributed by atoms with Gasteiger partial charge >= 0.3 is 5.97 Å². The SMILES string of the molecule is C=C(C)c1ccc(O)cc1.C=CC(=O)OC(C)(C)CC.C=Cc1ccc(CC)cc1. The lowest BCUT2D eigenvalue weighted by atomic mass is 10.1. The van der Waals surface area contributed by atoms with Gasteiger partial charge in [-0.2, -0.15) is 0 Å². The minimum absolute atomic E-state index is 0.296. The van der Waals surface area contributed by atoms with Crippen molar-refractivity contribution >= 4 is 17.6 Å². The van der Waals surface area contributed by atoms with E-state index < -0.39 is 0 Å². The third-order valence-electron chi connectivity index (χ3n) is 4.38. The van der Waals surface area contributed by atoms with Gasteiger partial charge in [0, 0.05) is 6.08 Å². The van der Waals surface area contributed by atoms with Gasteiger partial charge in [-0.05, 0) is 62.4 Å². The van der Waals surface area contributed by atoms with Gasteiger partial charge in [0.15, 0.2) is 0 Å². The molecule has 0 aromatic heterocycles. The van der Waals surface area contributed by atoms with Gasteiger partial charge < -0.3 is 9.84 Å². The fourth-order valence-corrected chi connectivity index (χ4v) is 2.02. The van der Waals surface area contributed by atoms with E-state index in [0.29, 0.717) is 5.75 Å². The number of allylic oxidation sites excluding steroid dienone is 1. The summed E-state index contributed by atoms with van der Waals surface area (Å²) in [4.78, 5) is 10.6. The van der Waals surface area contributed by atoms with Gasteiger partial charge in [0.25, 0.3) is 0 Å². The first-order valence-electron chi connectivity index (χ1n) is 10.1. The highest BCUT2D eigenvalue weighted by Gasteiger charge is 2.18. The van der Waals surface area contributed by atoms with Gasteiger partial charge in [0.05, 0.1) is 0 Å². The van der Waals surface area contributed by atoms with Crippen LogP contribution in [0.3, 0.4) is 0 Å². The maximum absolute atomic E-state index is 10.6. The number of benzene rings is 2. The van der Waals surface area contributed by atoms with Crippen molar-refractivity contribution < 1.29 is 14.6 Å². The molecule has 0 aliphatic carbocycles. The van der Waals surface area contributed by atoms with E-state index in [1.807, 2.05) is 45.9 Å². The number of rotatable bonds is 6. The Morgan fingerprint density at radius 2 is 1.57 bits per heavy atom. The van der Waals surface area contributed by atoms with E-state index in [1.165, 1.54) is 17.2 Å². The van der Waals surface area contributed by atoms with Crippen LogP contribution in [0, 0.1) is 0 Å². The number of aryl methyl sites for hydroxylation is 1. The fraction of sp³-hybridized carbons (Fsp3) is 0.296. The standard InChI is InChI=1S/C10H12.C9H10O.C8H14O2/c1-3-9-5-7-10(4-2)8-6-9;1-7(2)8-3-5-9(10)6-4-8;1-5-7(9)10-8(3,4)6-2/h3,5-8H,1,4H2,2H3;3-6,10H,1H2,2H3;5H,1,6H2,2-4H3. The molecule has 2 rings (SSSR count). The number of hydrogen-bond acceptors (Lipinski definition) is 3. The second kappa shape index (κ2) is 14.0. The number of phenols is 1. The Kier molecular flexibility index (Phi) is 12.6. The summed E-state index contributed by atoms with van der Waals surface area (Å²) in [6, 6.07) is 15.5. The second-order valence-corrected chi connectivity index (χ2v) is 7.36. The van der Waals surface area contributed by atoms with Gasteiger partial charge in [-0.1, -0.05) is 81.6 Å². The van der Waals surface area contributed by atoms with Crippen LogP contribution in [-0.2, 0) is 16.0 Å². The molecule has 3 heteroatoms. The van der Waals surface area contributed by atoms with Crippen molar-refractivity contribution in [1.29, 1.82) is 0 Å². The number of ether oxygens (including phenoxy) is 1. The molecule has 3 nitrogen and oxygen atoms in total. The lowest BCUT2D eigenvalue weighted by Gasteiger charge is -2.21. The minimum Gasteiger partial charge on any atom is -0.508 e. The normalized spacial score (nSPS) is 9.77. The van der Waals surface area contributed by atoms with Crippen molar-refractivity contribution in [3.8, 4) is 5.75 Å². The van der Waals surface area contributed by atoms with E-state index in [1.54, 1.807) is 12.1 Å². The van der Waals surface area contributed by atoms with E-state index in [9.17, 15) is 4.79 Å². The predicted molar refractivity (Wildman–Crippen MR) is 129 cm³/mol. The molecule has 2 aromatic rings. The number of hydrogen-bond donors (Lipinski definition) is 1. The molecule has 2 aromatic carbocycles. The Balaban J connectivity index is 0.000000420. The highest BCUT2D eigenvalue weighted by Crippen LogP contribution is 2.15. The van der Waals surface area contributed by atoms with Gasteiger partial charge in [0.1, 0.15) is 11.4 Å². The lowest BCUT2D eigenvalue weighted by molar-refractivity contribution is -0.150. The van der Waals surface area contributed by atoms with Crippen molar-refractivity contribution in [3.63, 3.8) is 0 Å². The summed E-state index contributed by atoms with van der Waals surface area (Å²) in [7, 11) is 0.